The van der Waals surface area contributed by atoms with E-state index < -0.39 is 22.4 Å². The van der Waals surface area contributed by atoms with Crippen LogP contribution < -0.4 is 0 Å². The van der Waals surface area contributed by atoms with Gasteiger partial charge in [-0.3, -0.25) is 0 Å². The van der Waals surface area contributed by atoms with Crippen molar-refractivity contribution in [2.75, 3.05) is 33.4 Å². The van der Waals surface area contributed by atoms with Crippen LogP contribution in [0.4, 0.5) is 4.39 Å². The quantitative estimate of drug-likeness (QED) is 0.624. The lowest BCUT2D eigenvalue weighted by molar-refractivity contribution is 0.138. The van der Waals surface area contributed by atoms with Crippen molar-refractivity contribution < 1.29 is 22.7 Å². The Morgan fingerprint density at radius 3 is 2.76 bits per heavy atom. The normalized spacial score (nSPS) is 11.3. The number of rotatable bonds is 6. The Bertz CT molecular complexity index is 634. The Balaban J connectivity index is 3.12. The number of sulfonamides is 1. The minimum absolute atomic E-state index is 0.0207. The van der Waals surface area contributed by atoms with Gasteiger partial charge in [-0.15, -0.1) is 0 Å². The van der Waals surface area contributed by atoms with Crippen LogP contribution in [0.3, 0.4) is 0 Å². The summed E-state index contributed by atoms with van der Waals surface area (Å²) in [4.78, 5) is -0.0937. The lowest BCUT2D eigenvalue weighted by atomic mass is 10.2. The summed E-state index contributed by atoms with van der Waals surface area (Å²) >= 11 is 0. The van der Waals surface area contributed by atoms with Gasteiger partial charge in [0.25, 0.3) is 0 Å². The monoisotopic (exact) mass is 315 g/mol. The third-order valence-corrected chi connectivity index (χ3v) is 4.60. The standard InChI is InChI=1S/C14H18FNO4S/c1-3-20-10-8-16(2)21(18,19)14-7-6-13(15)11-12(14)5-4-9-17/h6-7,11,17H,3,8-10H2,1-2H3. The molecule has 0 saturated heterocycles. The van der Waals surface area contributed by atoms with Gasteiger partial charge in [0, 0.05) is 25.8 Å². The molecule has 0 unspecified atom stereocenters. The van der Waals surface area contributed by atoms with Gasteiger partial charge in [-0.2, -0.15) is 4.31 Å². The van der Waals surface area contributed by atoms with Gasteiger partial charge in [0.05, 0.1) is 11.5 Å². The Morgan fingerprint density at radius 2 is 2.14 bits per heavy atom. The molecule has 0 atom stereocenters. The summed E-state index contributed by atoms with van der Waals surface area (Å²) in [5.41, 5.74) is 0.0207. The molecule has 0 amide bonds. The van der Waals surface area contributed by atoms with Crippen LogP contribution >= 0.6 is 0 Å². The number of likely N-dealkylation sites (N-methyl/N-ethyl adjacent to an activating group) is 1. The van der Waals surface area contributed by atoms with E-state index >= 15 is 0 Å². The maximum absolute atomic E-state index is 13.3. The van der Waals surface area contributed by atoms with Crippen LogP contribution in [0.15, 0.2) is 23.1 Å². The minimum atomic E-state index is -3.79. The van der Waals surface area contributed by atoms with E-state index in [1.54, 1.807) is 0 Å². The van der Waals surface area contributed by atoms with E-state index in [0.717, 1.165) is 16.4 Å². The third-order valence-electron chi connectivity index (χ3n) is 2.69. The number of halogens is 1. The minimum Gasteiger partial charge on any atom is -0.384 e. The summed E-state index contributed by atoms with van der Waals surface area (Å²) in [6.07, 6.45) is 0. The molecule has 0 heterocycles. The van der Waals surface area contributed by atoms with E-state index in [9.17, 15) is 12.8 Å². The largest absolute Gasteiger partial charge is 0.384 e. The molecular weight excluding hydrogens is 297 g/mol. The van der Waals surface area contributed by atoms with Gasteiger partial charge in [0.1, 0.15) is 12.4 Å². The number of ether oxygens (including phenoxy) is 1. The molecule has 0 aliphatic rings. The van der Waals surface area contributed by atoms with Gasteiger partial charge >= 0.3 is 0 Å². The second kappa shape index (κ2) is 8.10. The van der Waals surface area contributed by atoms with Gasteiger partial charge in [-0.25, -0.2) is 12.8 Å². The summed E-state index contributed by atoms with van der Waals surface area (Å²) in [6.45, 7) is 2.33. The molecule has 0 saturated carbocycles. The summed E-state index contributed by atoms with van der Waals surface area (Å²) in [5, 5.41) is 8.70. The second-order valence-corrected chi connectivity index (χ2v) is 6.14. The van der Waals surface area contributed by atoms with Crippen LogP contribution in [-0.4, -0.2) is 51.2 Å². The van der Waals surface area contributed by atoms with Crippen LogP contribution in [0.2, 0.25) is 0 Å². The topological polar surface area (TPSA) is 66.8 Å². The summed E-state index contributed by atoms with van der Waals surface area (Å²) in [5.74, 6) is 4.19. The molecule has 0 aliphatic carbocycles. The molecule has 1 aromatic carbocycles. The highest BCUT2D eigenvalue weighted by Crippen LogP contribution is 2.19. The molecule has 0 aromatic heterocycles. The molecule has 0 aliphatic heterocycles. The molecule has 0 spiro atoms. The fourth-order valence-corrected chi connectivity index (χ4v) is 2.86. The van der Waals surface area contributed by atoms with E-state index in [1.807, 2.05) is 6.92 Å². The molecule has 1 rings (SSSR count). The first kappa shape index (κ1) is 17.6. The molecule has 116 valence electrons. The van der Waals surface area contributed by atoms with Crippen molar-refractivity contribution in [3.63, 3.8) is 0 Å². The highest BCUT2D eigenvalue weighted by Gasteiger charge is 2.23. The number of aliphatic hydroxyl groups is 1. The molecule has 21 heavy (non-hydrogen) atoms. The first-order chi connectivity index (χ1) is 9.93. The average Bonchev–Trinajstić information content (AvgIpc) is 2.45. The summed E-state index contributed by atoms with van der Waals surface area (Å²) in [7, 11) is -2.38. The van der Waals surface area contributed by atoms with Crippen LogP contribution in [0.5, 0.6) is 0 Å². The third kappa shape index (κ3) is 4.79. The van der Waals surface area contributed by atoms with Gasteiger partial charge in [-0.05, 0) is 25.1 Å². The molecule has 1 aromatic rings. The zero-order chi connectivity index (χ0) is 15.9. The molecule has 0 fully saturated rings. The number of benzene rings is 1. The summed E-state index contributed by atoms with van der Waals surface area (Å²) in [6, 6.07) is 3.27. The van der Waals surface area contributed by atoms with Gasteiger partial charge in [0.15, 0.2) is 0 Å². The Labute approximate surface area is 124 Å². The van der Waals surface area contributed by atoms with Crippen molar-refractivity contribution in [1.82, 2.24) is 4.31 Å². The van der Waals surface area contributed by atoms with E-state index in [-0.39, 0.29) is 23.6 Å². The van der Waals surface area contributed by atoms with Crippen LogP contribution in [0.25, 0.3) is 0 Å². The summed E-state index contributed by atoms with van der Waals surface area (Å²) < 4.78 is 44.4. The molecule has 5 nitrogen and oxygen atoms in total. The van der Waals surface area contributed by atoms with Crippen molar-refractivity contribution >= 4 is 10.0 Å². The fraction of sp³-hybridized carbons (Fsp3) is 0.429. The molecule has 1 N–H and O–H groups in total. The van der Waals surface area contributed by atoms with E-state index in [1.165, 1.54) is 13.1 Å². The molecular formula is C14H18FNO4S. The molecule has 7 heteroatoms. The zero-order valence-corrected chi connectivity index (χ0v) is 12.8. The van der Waals surface area contributed by atoms with Crippen LogP contribution in [0.1, 0.15) is 12.5 Å². The number of aliphatic hydroxyl groups excluding tert-OH is 1. The Morgan fingerprint density at radius 1 is 1.43 bits per heavy atom. The van der Waals surface area contributed by atoms with Crippen molar-refractivity contribution in [3.8, 4) is 11.8 Å². The first-order valence-corrected chi connectivity index (χ1v) is 7.80. The smallest absolute Gasteiger partial charge is 0.244 e. The maximum atomic E-state index is 13.3. The second-order valence-electron chi connectivity index (χ2n) is 4.12. The first-order valence-electron chi connectivity index (χ1n) is 6.36. The van der Waals surface area contributed by atoms with Crippen LogP contribution in [0, 0.1) is 17.7 Å². The van der Waals surface area contributed by atoms with Crippen molar-refractivity contribution in [3.05, 3.63) is 29.6 Å². The molecule has 0 radical (unpaired) electrons. The number of nitrogens with zero attached hydrogens (tertiary/aromatic N) is 1. The lowest BCUT2D eigenvalue weighted by Crippen LogP contribution is -2.30. The highest BCUT2D eigenvalue weighted by atomic mass is 32.2. The fourth-order valence-electron chi connectivity index (χ4n) is 1.59. The van der Waals surface area contributed by atoms with Gasteiger partial charge < -0.3 is 9.84 Å². The van der Waals surface area contributed by atoms with E-state index in [4.69, 9.17) is 9.84 Å². The zero-order valence-electron chi connectivity index (χ0n) is 12.0. The number of hydrogen-bond acceptors (Lipinski definition) is 4. The SMILES string of the molecule is CCOCCN(C)S(=O)(=O)c1ccc(F)cc1C#CCO. The van der Waals surface area contributed by atoms with Crippen molar-refractivity contribution in [2.45, 2.75) is 11.8 Å². The number of hydrogen-bond donors (Lipinski definition) is 1. The predicted octanol–water partition coefficient (Wildman–Crippen LogP) is 0.827. The van der Waals surface area contributed by atoms with Crippen LogP contribution in [-0.2, 0) is 14.8 Å². The van der Waals surface area contributed by atoms with E-state index in [2.05, 4.69) is 11.8 Å². The molecule has 0 bridgehead atoms. The van der Waals surface area contributed by atoms with Gasteiger partial charge in [-0.1, -0.05) is 11.8 Å². The Hall–Kier alpha value is -1.46. The Kier molecular flexibility index (Phi) is 6.78. The predicted molar refractivity (Wildman–Crippen MR) is 76.7 cm³/mol. The highest BCUT2D eigenvalue weighted by molar-refractivity contribution is 7.89. The van der Waals surface area contributed by atoms with Crippen molar-refractivity contribution in [1.29, 1.82) is 0 Å². The maximum Gasteiger partial charge on any atom is 0.244 e. The van der Waals surface area contributed by atoms with Gasteiger partial charge in [0.2, 0.25) is 10.0 Å². The lowest BCUT2D eigenvalue weighted by Gasteiger charge is -2.18. The average molecular weight is 315 g/mol. The van der Waals surface area contributed by atoms with E-state index in [0.29, 0.717) is 6.61 Å². The van der Waals surface area contributed by atoms with Crippen molar-refractivity contribution in [2.24, 2.45) is 0 Å².